The van der Waals surface area contributed by atoms with Crippen molar-refractivity contribution in [1.82, 2.24) is 20.9 Å². The molecular formula is C18H26ClF2N5O2. The Morgan fingerprint density at radius 3 is 2.71 bits per heavy atom. The van der Waals surface area contributed by atoms with Crippen LogP contribution >= 0.6 is 11.6 Å². The number of likely N-dealkylation sites (tertiary alicyclic amines) is 1. The molecule has 0 aliphatic carbocycles. The highest BCUT2D eigenvalue weighted by atomic mass is 35.5. The summed E-state index contributed by atoms with van der Waals surface area (Å²) in [6.45, 7) is -0.654. The van der Waals surface area contributed by atoms with E-state index in [1.165, 1.54) is 12.1 Å². The van der Waals surface area contributed by atoms with Crippen LogP contribution in [-0.4, -0.2) is 63.1 Å². The summed E-state index contributed by atoms with van der Waals surface area (Å²) in [7, 11) is 3.27. The second-order valence-corrected chi connectivity index (χ2v) is 6.86. The molecule has 0 unspecified atom stereocenters. The van der Waals surface area contributed by atoms with E-state index in [2.05, 4.69) is 30.6 Å². The zero-order valence-corrected chi connectivity index (χ0v) is 16.7. The highest BCUT2D eigenvalue weighted by Gasteiger charge is 2.21. The average molecular weight is 418 g/mol. The highest BCUT2D eigenvalue weighted by molar-refractivity contribution is 6.30. The molecule has 1 aromatic rings. The minimum Gasteiger partial charge on any atom is -0.434 e. The topological polar surface area (TPSA) is 78.0 Å². The lowest BCUT2D eigenvalue weighted by molar-refractivity contribution is -0.122. The number of aliphatic imine (C=N–C) groups is 1. The number of benzene rings is 1. The van der Waals surface area contributed by atoms with E-state index in [4.69, 9.17) is 11.6 Å². The van der Waals surface area contributed by atoms with Crippen LogP contribution in [0.1, 0.15) is 18.4 Å². The maximum absolute atomic E-state index is 12.6. The van der Waals surface area contributed by atoms with Crippen molar-refractivity contribution in [3.8, 4) is 5.75 Å². The molecule has 1 amide bonds. The number of hydrogen-bond acceptors (Lipinski definition) is 4. The lowest BCUT2D eigenvalue weighted by atomic mass is 10.1. The van der Waals surface area contributed by atoms with Crippen LogP contribution in [0.3, 0.4) is 0 Å². The Kier molecular flexibility index (Phi) is 8.72. The fraction of sp³-hybridized carbons (Fsp3) is 0.556. The molecule has 1 aromatic carbocycles. The molecule has 28 heavy (non-hydrogen) atoms. The molecule has 2 rings (SSSR count). The van der Waals surface area contributed by atoms with Crippen molar-refractivity contribution in [2.45, 2.75) is 32.0 Å². The van der Waals surface area contributed by atoms with E-state index in [0.29, 0.717) is 23.1 Å². The molecular weight excluding hydrogens is 392 g/mol. The van der Waals surface area contributed by atoms with Crippen LogP contribution in [0.4, 0.5) is 8.78 Å². The zero-order chi connectivity index (χ0) is 20.5. The smallest absolute Gasteiger partial charge is 0.387 e. The molecule has 0 aromatic heterocycles. The van der Waals surface area contributed by atoms with Gasteiger partial charge in [0.1, 0.15) is 5.75 Å². The van der Waals surface area contributed by atoms with Gasteiger partial charge in [-0.05, 0) is 31.0 Å². The number of rotatable bonds is 7. The maximum atomic E-state index is 12.6. The number of nitrogens with one attached hydrogen (secondary N) is 3. The van der Waals surface area contributed by atoms with Gasteiger partial charge in [-0.2, -0.15) is 8.78 Å². The van der Waals surface area contributed by atoms with E-state index >= 15 is 0 Å². The summed E-state index contributed by atoms with van der Waals surface area (Å²) in [5, 5.41) is 9.49. The highest BCUT2D eigenvalue weighted by Crippen LogP contribution is 2.24. The van der Waals surface area contributed by atoms with Gasteiger partial charge in [-0.15, -0.1) is 0 Å². The fourth-order valence-electron chi connectivity index (χ4n) is 2.98. The van der Waals surface area contributed by atoms with Crippen LogP contribution in [0.2, 0.25) is 5.02 Å². The zero-order valence-electron chi connectivity index (χ0n) is 16.0. The molecule has 1 aliphatic heterocycles. The first kappa shape index (κ1) is 22.2. The summed E-state index contributed by atoms with van der Waals surface area (Å²) in [5.41, 5.74) is 0.510. The number of carbonyl (C=O) groups is 1. The molecule has 1 saturated heterocycles. The SMILES string of the molecule is CN=C(NCc1cc(Cl)ccc1OC(F)F)NC1CCN(CC(=O)NC)CC1. The predicted octanol–water partition coefficient (Wildman–Crippen LogP) is 1.82. The van der Waals surface area contributed by atoms with Crippen molar-refractivity contribution in [3.05, 3.63) is 28.8 Å². The third-order valence-electron chi connectivity index (χ3n) is 4.48. The van der Waals surface area contributed by atoms with E-state index in [9.17, 15) is 13.6 Å². The van der Waals surface area contributed by atoms with Gasteiger partial charge < -0.3 is 20.7 Å². The standard InChI is InChI=1S/C18H26ClF2N5O2/c1-22-16(27)11-26-7-5-14(6-8-26)25-18(23-2)24-10-12-9-13(19)3-4-15(12)28-17(20)21/h3-4,9,14,17H,5-8,10-11H2,1-2H3,(H,22,27)(H2,23,24,25). The molecule has 0 radical (unpaired) electrons. The van der Waals surface area contributed by atoms with Crippen LogP contribution in [0.5, 0.6) is 5.75 Å². The Bertz CT molecular complexity index is 682. The first-order valence-electron chi connectivity index (χ1n) is 9.04. The van der Waals surface area contributed by atoms with Gasteiger partial charge in [0.15, 0.2) is 5.96 Å². The van der Waals surface area contributed by atoms with E-state index in [0.717, 1.165) is 25.9 Å². The Hall–Kier alpha value is -2.13. The Labute approximate surface area is 168 Å². The first-order valence-corrected chi connectivity index (χ1v) is 9.42. The lowest BCUT2D eigenvalue weighted by Crippen LogP contribution is -2.49. The Balaban J connectivity index is 1.86. The van der Waals surface area contributed by atoms with E-state index < -0.39 is 6.61 Å². The Morgan fingerprint density at radius 2 is 2.11 bits per heavy atom. The van der Waals surface area contributed by atoms with Crippen LogP contribution < -0.4 is 20.7 Å². The number of likely N-dealkylation sites (N-methyl/N-ethyl adjacent to an activating group) is 1. The van der Waals surface area contributed by atoms with Crippen molar-refractivity contribution in [2.75, 3.05) is 33.7 Å². The van der Waals surface area contributed by atoms with Crippen molar-refractivity contribution in [1.29, 1.82) is 0 Å². The molecule has 0 saturated carbocycles. The molecule has 0 spiro atoms. The number of nitrogens with zero attached hydrogens (tertiary/aromatic N) is 2. The first-order chi connectivity index (χ1) is 13.4. The number of hydrogen-bond donors (Lipinski definition) is 3. The van der Waals surface area contributed by atoms with Crippen LogP contribution in [0.15, 0.2) is 23.2 Å². The van der Waals surface area contributed by atoms with Crippen LogP contribution in [-0.2, 0) is 11.3 Å². The summed E-state index contributed by atoms with van der Waals surface area (Å²) < 4.78 is 29.7. The summed E-state index contributed by atoms with van der Waals surface area (Å²) in [6, 6.07) is 4.71. The van der Waals surface area contributed by atoms with Crippen molar-refractivity contribution < 1.29 is 18.3 Å². The molecule has 0 bridgehead atoms. The molecule has 156 valence electrons. The van der Waals surface area contributed by atoms with Gasteiger partial charge >= 0.3 is 6.61 Å². The molecule has 10 heteroatoms. The van der Waals surface area contributed by atoms with Gasteiger partial charge in [-0.25, -0.2) is 0 Å². The lowest BCUT2D eigenvalue weighted by Gasteiger charge is -2.32. The predicted molar refractivity (Wildman–Crippen MR) is 105 cm³/mol. The molecule has 3 N–H and O–H groups in total. The largest absolute Gasteiger partial charge is 0.434 e. The summed E-state index contributed by atoms with van der Waals surface area (Å²) in [5.74, 6) is 0.643. The number of amides is 1. The minimum atomic E-state index is -2.91. The molecule has 1 fully saturated rings. The number of carbonyl (C=O) groups excluding carboxylic acids is 1. The normalized spacial score (nSPS) is 16.1. The quantitative estimate of drug-likeness (QED) is 0.466. The minimum absolute atomic E-state index is 0.00669. The van der Waals surface area contributed by atoms with E-state index in [-0.39, 0.29) is 24.2 Å². The van der Waals surface area contributed by atoms with Gasteiger partial charge in [-0.1, -0.05) is 11.6 Å². The molecule has 7 nitrogen and oxygen atoms in total. The Morgan fingerprint density at radius 1 is 1.39 bits per heavy atom. The number of ether oxygens (including phenoxy) is 1. The third kappa shape index (κ3) is 7.12. The van der Waals surface area contributed by atoms with Crippen molar-refractivity contribution in [3.63, 3.8) is 0 Å². The van der Waals surface area contributed by atoms with Gasteiger partial charge in [0.05, 0.1) is 6.54 Å². The summed E-state index contributed by atoms with van der Waals surface area (Å²) in [6.07, 6.45) is 1.74. The van der Waals surface area contributed by atoms with Gasteiger partial charge in [0, 0.05) is 50.4 Å². The van der Waals surface area contributed by atoms with Gasteiger partial charge in [-0.3, -0.25) is 14.7 Å². The number of alkyl halides is 2. The van der Waals surface area contributed by atoms with E-state index in [1.807, 2.05) is 0 Å². The number of guanidine groups is 1. The average Bonchev–Trinajstić information content (AvgIpc) is 2.67. The van der Waals surface area contributed by atoms with Crippen molar-refractivity contribution in [2.24, 2.45) is 4.99 Å². The van der Waals surface area contributed by atoms with Crippen LogP contribution in [0.25, 0.3) is 0 Å². The number of piperidine rings is 1. The van der Waals surface area contributed by atoms with Crippen LogP contribution in [0, 0.1) is 0 Å². The monoisotopic (exact) mass is 417 g/mol. The fourth-order valence-corrected chi connectivity index (χ4v) is 3.18. The second kappa shape index (κ2) is 11.0. The third-order valence-corrected chi connectivity index (χ3v) is 4.72. The molecule has 1 heterocycles. The van der Waals surface area contributed by atoms with Gasteiger partial charge in [0.25, 0.3) is 0 Å². The molecule has 1 aliphatic rings. The van der Waals surface area contributed by atoms with Crippen molar-refractivity contribution >= 4 is 23.5 Å². The molecule has 0 atom stereocenters. The maximum Gasteiger partial charge on any atom is 0.387 e. The summed E-state index contributed by atoms with van der Waals surface area (Å²) in [4.78, 5) is 17.7. The second-order valence-electron chi connectivity index (χ2n) is 6.42. The number of halogens is 3. The summed E-state index contributed by atoms with van der Waals surface area (Å²) >= 11 is 5.97. The van der Waals surface area contributed by atoms with E-state index in [1.54, 1.807) is 20.2 Å². The van der Waals surface area contributed by atoms with Gasteiger partial charge in [0.2, 0.25) is 5.91 Å².